The summed E-state index contributed by atoms with van der Waals surface area (Å²) in [4.78, 5) is 28.3. The molecule has 2 N–H and O–H groups in total. The molecule has 0 atom stereocenters. The lowest BCUT2D eigenvalue weighted by molar-refractivity contribution is 0.0734. The summed E-state index contributed by atoms with van der Waals surface area (Å²) in [5, 5.41) is 14.1. The number of pyridine rings is 1. The molecule has 8 heteroatoms. The molecule has 3 aromatic rings. The molecule has 0 aliphatic heterocycles. The van der Waals surface area contributed by atoms with Crippen molar-refractivity contribution in [3.05, 3.63) is 83.7 Å². The van der Waals surface area contributed by atoms with Gasteiger partial charge in [0.1, 0.15) is 17.2 Å². The number of amides is 1. The highest BCUT2D eigenvalue weighted by Crippen LogP contribution is 2.23. The van der Waals surface area contributed by atoms with E-state index in [1.165, 1.54) is 56.1 Å². The Hall–Kier alpha value is -4.20. The van der Waals surface area contributed by atoms with Crippen LogP contribution in [0.2, 0.25) is 0 Å². The molecular formula is C27H29N3O5. The van der Waals surface area contributed by atoms with Crippen LogP contribution in [0.25, 0.3) is 0 Å². The standard InChI is InChI=1S/C27H29N3O5/c1-2-3-4-5-6-17-34-23-10-7-21(8-11-23)27(33)35-24-12-9-22(25(31)18-24)19-29-30-26(32)20-13-15-28-16-14-20/h7-16,18-19,31H,2-6,17H2,1H3,(H,30,32)/b29-19+. The van der Waals surface area contributed by atoms with Gasteiger partial charge in [-0.1, -0.05) is 32.6 Å². The SMILES string of the molecule is CCCCCCCOc1ccc(C(=O)Oc2ccc(/C=N/NC(=O)c3ccncc3)c(O)c2)cc1. The van der Waals surface area contributed by atoms with Crippen molar-refractivity contribution in [3.8, 4) is 17.2 Å². The molecule has 0 unspecified atom stereocenters. The summed E-state index contributed by atoms with van der Waals surface area (Å²) in [6, 6.07) is 14.2. The van der Waals surface area contributed by atoms with Crippen LogP contribution in [0.4, 0.5) is 0 Å². The number of hydrazone groups is 1. The van der Waals surface area contributed by atoms with Crippen molar-refractivity contribution in [2.75, 3.05) is 6.61 Å². The van der Waals surface area contributed by atoms with Gasteiger partial charge in [-0.2, -0.15) is 5.10 Å². The highest BCUT2D eigenvalue weighted by Gasteiger charge is 2.11. The van der Waals surface area contributed by atoms with Gasteiger partial charge in [-0.05, 0) is 55.0 Å². The molecule has 0 spiro atoms. The van der Waals surface area contributed by atoms with Gasteiger partial charge in [0, 0.05) is 29.6 Å². The number of nitrogens with one attached hydrogen (secondary N) is 1. The van der Waals surface area contributed by atoms with E-state index in [0.717, 1.165) is 12.8 Å². The maximum absolute atomic E-state index is 12.4. The maximum Gasteiger partial charge on any atom is 0.343 e. The molecule has 0 saturated heterocycles. The highest BCUT2D eigenvalue weighted by atomic mass is 16.5. The number of rotatable bonds is 12. The van der Waals surface area contributed by atoms with Crippen molar-refractivity contribution >= 4 is 18.1 Å². The summed E-state index contributed by atoms with van der Waals surface area (Å²) >= 11 is 0. The van der Waals surface area contributed by atoms with E-state index in [4.69, 9.17) is 9.47 Å². The number of benzene rings is 2. The average Bonchev–Trinajstić information content (AvgIpc) is 2.88. The lowest BCUT2D eigenvalue weighted by Crippen LogP contribution is -2.17. The minimum Gasteiger partial charge on any atom is -0.507 e. The second kappa shape index (κ2) is 13.5. The first-order valence-corrected chi connectivity index (χ1v) is 11.6. The molecule has 1 aromatic heterocycles. The number of esters is 1. The Morgan fingerprint density at radius 2 is 1.66 bits per heavy atom. The number of carbonyl (C=O) groups is 2. The third-order valence-electron chi connectivity index (χ3n) is 5.13. The number of ether oxygens (including phenoxy) is 2. The molecule has 2 aromatic carbocycles. The van der Waals surface area contributed by atoms with Crippen molar-refractivity contribution in [2.24, 2.45) is 5.10 Å². The molecular weight excluding hydrogens is 446 g/mol. The number of unbranched alkanes of at least 4 members (excludes halogenated alkanes) is 4. The highest BCUT2D eigenvalue weighted by molar-refractivity contribution is 5.95. The van der Waals surface area contributed by atoms with Gasteiger partial charge < -0.3 is 14.6 Å². The molecule has 182 valence electrons. The minimum absolute atomic E-state index is 0.153. The number of phenols is 1. The predicted molar refractivity (Wildman–Crippen MR) is 133 cm³/mol. The molecule has 0 radical (unpaired) electrons. The number of nitrogens with zero attached hydrogens (tertiary/aromatic N) is 2. The first-order chi connectivity index (χ1) is 17.1. The van der Waals surface area contributed by atoms with Crippen LogP contribution < -0.4 is 14.9 Å². The lowest BCUT2D eigenvalue weighted by Gasteiger charge is -2.08. The van der Waals surface area contributed by atoms with Crippen LogP contribution >= 0.6 is 0 Å². The molecule has 1 amide bonds. The topological polar surface area (TPSA) is 110 Å². The molecule has 1 heterocycles. The Labute approximate surface area is 204 Å². The molecule has 0 aliphatic carbocycles. The largest absolute Gasteiger partial charge is 0.507 e. The fourth-order valence-corrected chi connectivity index (χ4v) is 3.17. The smallest absolute Gasteiger partial charge is 0.343 e. The summed E-state index contributed by atoms with van der Waals surface area (Å²) in [6.45, 7) is 2.83. The van der Waals surface area contributed by atoms with Gasteiger partial charge in [0.05, 0.1) is 18.4 Å². The van der Waals surface area contributed by atoms with E-state index in [0.29, 0.717) is 29.0 Å². The molecule has 0 saturated carbocycles. The van der Waals surface area contributed by atoms with Gasteiger partial charge in [-0.3, -0.25) is 9.78 Å². The van der Waals surface area contributed by atoms with Crippen LogP contribution in [-0.4, -0.2) is 34.8 Å². The van der Waals surface area contributed by atoms with Crippen molar-refractivity contribution in [3.63, 3.8) is 0 Å². The molecule has 0 aliphatic rings. The zero-order valence-electron chi connectivity index (χ0n) is 19.6. The van der Waals surface area contributed by atoms with Crippen LogP contribution in [0.15, 0.2) is 72.1 Å². The summed E-state index contributed by atoms with van der Waals surface area (Å²) in [5.74, 6) is -0.231. The maximum atomic E-state index is 12.4. The number of aromatic nitrogens is 1. The third-order valence-corrected chi connectivity index (χ3v) is 5.13. The van der Waals surface area contributed by atoms with E-state index < -0.39 is 11.9 Å². The number of hydrogen-bond acceptors (Lipinski definition) is 7. The van der Waals surface area contributed by atoms with Crippen molar-refractivity contribution in [1.82, 2.24) is 10.4 Å². The van der Waals surface area contributed by atoms with Crippen LogP contribution in [0, 0.1) is 0 Å². The molecule has 3 rings (SSSR count). The summed E-state index contributed by atoms with van der Waals surface area (Å²) < 4.78 is 11.1. The van der Waals surface area contributed by atoms with Gasteiger partial charge in [0.2, 0.25) is 0 Å². The fourth-order valence-electron chi connectivity index (χ4n) is 3.17. The fraction of sp³-hybridized carbons (Fsp3) is 0.259. The average molecular weight is 476 g/mol. The van der Waals surface area contributed by atoms with Gasteiger partial charge in [-0.25, -0.2) is 10.2 Å². The second-order valence-corrected chi connectivity index (χ2v) is 7.83. The van der Waals surface area contributed by atoms with Gasteiger partial charge in [0.25, 0.3) is 5.91 Å². The lowest BCUT2D eigenvalue weighted by atomic mass is 10.2. The quantitative estimate of drug-likeness (QED) is 0.124. The number of carbonyl (C=O) groups excluding carboxylic acids is 2. The summed E-state index contributed by atoms with van der Waals surface area (Å²) in [6.07, 6.45) is 10.1. The van der Waals surface area contributed by atoms with Crippen molar-refractivity contribution < 1.29 is 24.2 Å². The monoisotopic (exact) mass is 475 g/mol. The van der Waals surface area contributed by atoms with Gasteiger partial charge >= 0.3 is 5.97 Å². The van der Waals surface area contributed by atoms with Crippen LogP contribution in [0.1, 0.15) is 65.3 Å². The van der Waals surface area contributed by atoms with E-state index in [1.54, 1.807) is 36.4 Å². The molecule has 35 heavy (non-hydrogen) atoms. The van der Waals surface area contributed by atoms with Crippen LogP contribution in [0.3, 0.4) is 0 Å². The number of phenolic OH excluding ortho intramolecular Hbond substituents is 1. The van der Waals surface area contributed by atoms with Crippen LogP contribution in [-0.2, 0) is 0 Å². The van der Waals surface area contributed by atoms with Gasteiger partial charge in [0.15, 0.2) is 0 Å². The van der Waals surface area contributed by atoms with E-state index in [-0.39, 0.29) is 11.5 Å². The normalized spacial score (nSPS) is 10.8. The zero-order valence-corrected chi connectivity index (χ0v) is 19.6. The van der Waals surface area contributed by atoms with E-state index >= 15 is 0 Å². The first kappa shape index (κ1) is 25.4. The van der Waals surface area contributed by atoms with E-state index in [2.05, 4.69) is 22.4 Å². The molecule has 0 bridgehead atoms. The Bertz CT molecular complexity index is 1130. The summed E-state index contributed by atoms with van der Waals surface area (Å²) in [7, 11) is 0. The van der Waals surface area contributed by atoms with E-state index in [1.807, 2.05) is 0 Å². The van der Waals surface area contributed by atoms with Crippen molar-refractivity contribution in [2.45, 2.75) is 39.0 Å². The van der Waals surface area contributed by atoms with Crippen molar-refractivity contribution in [1.29, 1.82) is 0 Å². The second-order valence-electron chi connectivity index (χ2n) is 7.83. The minimum atomic E-state index is -0.554. The molecule has 0 fully saturated rings. The summed E-state index contributed by atoms with van der Waals surface area (Å²) in [5.41, 5.74) is 3.48. The number of aromatic hydroxyl groups is 1. The van der Waals surface area contributed by atoms with Gasteiger partial charge in [-0.15, -0.1) is 0 Å². The number of hydrogen-bond donors (Lipinski definition) is 2. The Morgan fingerprint density at radius 3 is 2.37 bits per heavy atom. The molecule has 8 nitrogen and oxygen atoms in total. The van der Waals surface area contributed by atoms with E-state index in [9.17, 15) is 14.7 Å². The zero-order chi connectivity index (χ0) is 24.9. The van der Waals surface area contributed by atoms with Crippen LogP contribution in [0.5, 0.6) is 17.2 Å². The Morgan fingerprint density at radius 1 is 0.943 bits per heavy atom. The Kier molecular flexibility index (Phi) is 9.80. The Balaban J connectivity index is 1.48. The first-order valence-electron chi connectivity index (χ1n) is 11.6. The third kappa shape index (κ3) is 8.26. The predicted octanol–water partition coefficient (Wildman–Crippen LogP) is 5.12.